The number of hydrogen-bond acceptors (Lipinski definition) is 5. The number of nitrogens with two attached hydrogens (primary N) is 2. The van der Waals surface area contributed by atoms with E-state index in [9.17, 15) is 10.4 Å². The number of hydrogen-bond donors (Lipinski definition) is 2. The van der Waals surface area contributed by atoms with E-state index >= 15 is 0 Å². The minimum atomic E-state index is 0.163. The van der Waals surface area contributed by atoms with Crippen LogP contribution in [0, 0.1) is 10.4 Å². The van der Waals surface area contributed by atoms with Crippen LogP contribution in [-0.2, 0) is 0 Å². The number of allylic oxidation sites excluding steroid dienone is 4. The average Bonchev–Trinajstić information content (AvgIpc) is 2.04. The Morgan fingerprint density at radius 3 is 2.75 bits per heavy atom. The summed E-state index contributed by atoms with van der Waals surface area (Å²) in [7, 11) is 0. The van der Waals surface area contributed by atoms with E-state index in [1.54, 1.807) is 6.08 Å². The van der Waals surface area contributed by atoms with Gasteiger partial charge in [0.15, 0.2) is 0 Å². The quantitative estimate of drug-likeness (QED) is 0.234. The Morgan fingerprint density at radius 2 is 2.25 bits per heavy atom. The van der Waals surface area contributed by atoms with Crippen LogP contribution in [0.15, 0.2) is 23.9 Å². The maximum Gasteiger partial charge on any atom is 0.224 e. The molecule has 0 radical (unpaired) electrons. The lowest BCUT2D eigenvalue weighted by Gasteiger charge is -2.27. The molecule has 0 saturated heterocycles. The van der Waals surface area contributed by atoms with E-state index in [-0.39, 0.29) is 16.4 Å². The van der Waals surface area contributed by atoms with E-state index in [2.05, 4.69) is 0 Å². The highest BCUT2D eigenvalue weighted by Gasteiger charge is 2.11. The Bertz CT molecular complexity index is 263. The van der Waals surface area contributed by atoms with Gasteiger partial charge in [0.05, 0.1) is 6.42 Å². The molecule has 0 atom stereocenters. The molecule has 0 aromatic carbocycles. The van der Waals surface area contributed by atoms with Crippen molar-refractivity contribution in [3.63, 3.8) is 0 Å². The van der Waals surface area contributed by atoms with E-state index in [4.69, 9.17) is 11.7 Å². The molecule has 0 saturated carbocycles. The molecular formula is C6H9N4O2-. The van der Waals surface area contributed by atoms with Crippen molar-refractivity contribution in [2.75, 3.05) is 0 Å². The van der Waals surface area contributed by atoms with Gasteiger partial charge in [-0.1, -0.05) is 10.9 Å². The van der Waals surface area contributed by atoms with Gasteiger partial charge >= 0.3 is 0 Å². The summed E-state index contributed by atoms with van der Waals surface area (Å²) in [6.07, 6.45) is 4.76. The fourth-order valence-electron chi connectivity index (χ4n) is 0.876. The first-order valence-electron chi connectivity index (χ1n) is 3.28. The van der Waals surface area contributed by atoms with Crippen molar-refractivity contribution in [1.29, 1.82) is 0 Å². The van der Waals surface area contributed by atoms with Gasteiger partial charge in [0, 0.05) is 11.8 Å². The lowest BCUT2D eigenvalue weighted by molar-refractivity contribution is -0.469. The van der Waals surface area contributed by atoms with Gasteiger partial charge < -0.3 is 15.6 Å². The third-order valence-electron chi connectivity index (χ3n) is 1.51. The molecule has 0 spiro atoms. The molecule has 0 amide bonds. The van der Waals surface area contributed by atoms with E-state index in [1.165, 1.54) is 12.2 Å². The van der Waals surface area contributed by atoms with E-state index in [0.29, 0.717) is 11.4 Å². The molecule has 0 unspecified atom stereocenters. The summed E-state index contributed by atoms with van der Waals surface area (Å²) in [5, 5.41) is 21.4. The van der Waals surface area contributed by atoms with Crippen LogP contribution in [0.1, 0.15) is 6.42 Å². The first-order chi connectivity index (χ1) is 5.61. The maximum atomic E-state index is 10.6. The number of nitrogens with zero attached hydrogens (tertiary/aromatic N) is 2. The van der Waals surface area contributed by atoms with Crippen LogP contribution in [0.5, 0.6) is 0 Å². The smallest absolute Gasteiger partial charge is 0.224 e. The second-order valence-electron chi connectivity index (χ2n) is 2.34. The molecule has 0 aliphatic heterocycles. The topological polar surface area (TPSA) is 104 Å². The van der Waals surface area contributed by atoms with Gasteiger partial charge in [-0.05, 0) is 6.08 Å². The molecule has 0 fully saturated rings. The molecule has 1 aliphatic rings. The third-order valence-corrected chi connectivity index (χ3v) is 1.51. The van der Waals surface area contributed by atoms with Crippen molar-refractivity contribution >= 4 is 5.71 Å². The van der Waals surface area contributed by atoms with Crippen molar-refractivity contribution in [1.82, 2.24) is 5.17 Å². The fraction of sp³-hybridized carbons (Fsp3) is 0.167. The highest BCUT2D eigenvalue weighted by atomic mass is 16.5. The summed E-state index contributed by atoms with van der Waals surface area (Å²) in [4.78, 5) is 0.215. The van der Waals surface area contributed by atoms with E-state index < -0.39 is 0 Å². The number of hydrazine groups is 2. The van der Waals surface area contributed by atoms with Gasteiger partial charge in [-0.3, -0.25) is 5.84 Å². The molecule has 4 N–H and O–H groups in total. The predicted molar refractivity (Wildman–Crippen MR) is 44.1 cm³/mol. The van der Waals surface area contributed by atoms with Crippen LogP contribution in [0.2, 0.25) is 0 Å². The van der Waals surface area contributed by atoms with Crippen molar-refractivity contribution in [3.8, 4) is 0 Å². The van der Waals surface area contributed by atoms with Gasteiger partial charge in [-0.25, -0.2) is 0 Å². The molecule has 1 rings (SSSR count). The molecule has 6 heteroatoms. The molecule has 0 aromatic heterocycles. The second-order valence-corrected chi connectivity index (χ2v) is 2.34. The van der Waals surface area contributed by atoms with Gasteiger partial charge in [0.25, 0.3) is 0 Å². The van der Waals surface area contributed by atoms with Crippen LogP contribution in [0.4, 0.5) is 0 Å². The second kappa shape index (κ2) is 3.24. The fourth-order valence-corrected chi connectivity index (χ4v) is 0.876. The zero-order valence-corrected chi connectivity index (χ0v) is 6.30. The van der Waals surface area contributed by atoms with Gasteiger partial charge in [0.1, 0.15) is 0 Å². The predicted octanol–water partition coefficient (Wildman–Crippen LogP) is -0.671. The van der Waals surface area contributed by atoms with Gasteiger partial charge in [-0.15, -0.1) is 0 Å². The molecule has 66 valence electrons. The zero-order chi connectivity index (χ0) is 9.14. The van der Waals surface area contributed by atoms with Crippen LogP contribution in [0.25, 0.3) is 0 Å². The number of hydroxylamine groups is 1. The Labute approximate surface area is 69.2 Å². The molecule has 0 heterocycles. The van der Waals surface area contributed by atoms with Gasteiger partial charge in [0.2, 0.25) is 5.71 Å². The number of rotatable bonds is 1. The molecular weight excluding hydrogens is 160 g/mol. The minimum absolute atomic E-state index is 0.163. The van der Waals surface area contributed by atoms with Crippen LogP contribution < -0.4 is 11.7 Å². The maximum absolute atomic E-state index is 10.6. The zero-order valence-electron chi connectivity index (χ0n) is 6.30. The standard InChI is InChI=1S/C6H9N4O2/c7-9(11)5-2-1-3-6(4-5)10(8)12/h1-3H,4,7-8H2/q-1/b9-5-. The highest BCUT2D eigenvalue weighted by Crippen LogP contribution is 2.10. The first kappa shape index (κ1) is 8.57. The van der Waals surface area contributed by atoms with E-state index in [1.807, 2.05) is 0 Å². The van der Waals surface area contributed by atoms with E-state index in [0.717, 1.165) is 0 Å². The minimum Gasteiger partial charge on any atom is -0.744 e. The lowest BCUT2D eigenvalue weighted by atomic mass is 10.1. The van der Waals surface area contributed by atoms with Crippen molar-refractivity contribution in [2.45, 2.75) is 6.42 Å². The summed E-state index contributed by atoms with van der Waals surface area (Å²) in [5.74, 6) is 9.86. The van der Waals surface area contributed by atoms with Crippen molar-refractivity contribution < 1.29 is 4.85 Å². The molecule has 12 heavy (non-hydrogen) atoms. The first-order valence-corrected chi connectivity index (χ1v) is 3.28. The normalized spacial score (nSPS) is 20.3. The molecule has 1 aliphatic carbocycles. The van der Waals surface area contributed by atoms with Crippen LogP contribution in [-0.4, -0.2) is 15.7 Å². The summed E-state index contributed by atoms with van der Waals surface area (Å²) >= 11 is 0. The van der Waals surface area contributed by atoms with Crippen LogP contribution >= 0.6 is 0 Å². The summed E-state index contributed by atoms with van der Waals surface area (Å²) in [5.41, 5.74) is 0.609. The summed E-state index contributed by atoms with van der Waals surface area (Å²) in [6.45, 7) is 0. The lowest BCUT2D eigenvalue weighted by Crippen LogP contribution is -2.29. The average molecular weight is 169 g/mol. The molecule has 0 aromatic rings. The third kappa shape index (κ3) is 1.74. The Balaban J connectivity index is 2.82. The Hall–Kier alpha value is -1.53. The molecule has 0 bridgehead atoms. The largest absolute Gasteiger partial charge is 0.744 e. The molecule has 6 nitrogen and oxygen atoms in total. The van der Waals surface area contributed by atoms with Crippen molar-refractivity contribution in [3.05, 3.63) is 34.3 Å². The summed E-state index contributed by atoms with van der Waals surface area (Å²) < 4.78 is 0. The Kier molecular flexibility index (Phi) is 2.32. The Morgan fingerprint density at radius 1 is 1.58 bits per heavy atom. The monoisotopic (exact) mass is 169 g/mol. The summed E-state index contributed by atoms with van der Waals surface area (Å²) in [6, 6.07) is 0. The van der Waals surface area contributed by atoms with Gasteiger partial charge in [-0.2, -0.15) is 5.84 Å². The highest BCUT2D eigenvalue weighted by molar-refractivity contribution is 5.93. The number of hydrazone groups is 1. The van der Waals surface area contributed by atoms with Crippen molar-refractivity contribution in [2.24, 2.45) is 11.7 Å². The SMILES string of the molecule is NN([O-])C1=CC=C/C(=[N+](\N)[O-])C1. The van der Waals surface area contributed by atoms with Crippen LogP contribution in [0.3, 0.4) is 0 Å².